The second-order valence-corrected chi connectivity index (χ2v) is 16.4. The molecule has 10 heteroatoms. The topological polar surface area (TPSA) is 146 Å². The van der Waals surface area contributed by atoms with Crippen LogP contribution in [0.1, 0.15) is 108 Å². The van der Waals surface area contributed by atoms with Crippen LogP contribution in [0, 0.1) is 34.5 Å². The van der Waals surface area contributed by atoms with Gasteiger partial charge in [-0.05, 0) is 104 Å². The maximum absolute atomic E-state index is 14.1. The van der Waals surface area contributed by atoms with Gasteiger partial charge in [0.2, 0.25) is 0 Å². The highest BCUT2D eigenvalue weighted by Gasteiger charge is 2.79. The Morgan fingerprint density at radius 1 is 0.700 bits per heavy atom. The van der Waals surface area contributed by atoms with E-state index in [9.17, 15) is 29.4 Å². The van der Waals surface area contributed by atoms with E-state index in [4.69, 9.17) is 18.9 Å². The summed E-state index contributed by atoms with van der Waals surface area (Å²) in [7, 11) is 0. The molecular weight excluding hydrogens is 640 g/mol. The molecule has 0 radical (unpaired) electrons. The van der Waals surface area contributed by atoms with Gasteiger partial charge in [0.15, 0.2) is 11.2 Å². The van der Waals surface area contributed by atoms with Gasteiger partial charge >= 0.3 is 23.9 Å². The number of allylic oxidation sites excluding steroid dienone is 2. The lowest BCUT2D eigenvalue weighted by molar-refractivity contribution is -0.242. The molecule has 274 valence electrons. The Morgan fingerprint density at radius 3 is 1.36 bits per heavy atom. The average molecular weight is 695 g/mol. The average Bonchev–Trinajstić information content (AvgIpc) is 3.50. The van der Waals surface area contributed by atoms with Crippen molar-refractivity contribution >= 4 is 23.9 Å². The summed E-state index contributed by atoms with van der Waals surface area (Å²) in [5, 5.41) is 22.5. The molecule has 0 unspecified atom stereocenters. The van der Waals surface area contributed by atoms with Crippen LogP contribution in [0.3, 0.4) is 0 Å². The number of fused-ring (bicyclic) bond motifs is 5. The maximum atomic E-state index is 14.1. The molecule has 4 aliphatic carbocycles. The molecule has 0 aromatic carbocycles. The van der Waals surface area contributed by atoms with Gasteiger partial charge < -0.3 is 29.2 Å². The van der Waals surface area contributed by atoms with Gasteiger partial charge in [0, 0.05) is 44.3 Å². The molecule has 2 aliphatic heterocycles. The van der Waals surface area contributed by atoms with E-state index in [-0.39, 0.29) is 47.7 Å². The summed E-state index contributed by atoms with van der Waals surface area (Å²) in [6.07, 6.45) is 2.69. The number of hydrogen-bond donors (Lipinski definition) is 2. The molecule has 0 spiro atoms. The largest absolute Gasteiger partial charge is 0.454 e. The molecule has 0 amide bonds. The van der Waals surface area contributed by atoms with Crippen molar-refractivity contribution in [3.05, 3.63) is 45.6 Å². The van der Waals surface area contributed by atoms with Crippen LogP contribution < -0.4 is 0 Å². The number of aliphatic hydroxyl groups excluding tert-OH is 2. The van der Waals surface area contributed by atoms with Gasteiger partial charge in [-0.3, -0.25) is 0 Å². The zero-order valence-electron chi connectivity index (χ0n) is 31.2. The highest BCUT2D eigenvalue weighted by atomic mass is 16.6. The molecule has 0 bridgehead atoms. The lowest BCUT2D eigenvalue weighted by Crippen LogP contribution is -2.72. The molecule has 4 saturated carbocycles. The summed E-state index contributed by atoms with van der Waals surface area (Å²) in [6, 6.07) is 0. The van der Waals surface area contributed by atoms with E-state index in [1.54, 1.807) is 53.7 Å². The van der Waals surface area contributed by atoms with Gasteiger partial charge in [-0.2, -0.15) is 0 Å². The van der Waals surface area contributed by atoms with Crippen molar-refractivity contribution in [2.24, 2.45) is 34.5 Å². The molecule has 6 aliphatic rings. The minimum atomic E-state index is -1.58. The third-order valence-corrected chi connectivity index (χ3v) is 14.7. The summed E-state index contributed by atoms with van der Waals surface area (Å²) in [6.45, 7) is 18.1. The van der Waals surface area contributed by atoms with Crippen molar-refractivity contribution in [3.63, 3.8) is 0 Å². The van der Waals surface area contributed by atoms with Crippen molar-refractivity contribution in [2.45, 2.75) is 143 Å². The lowest BCUT2D eigenvalue weighted by Gasteiger charge is -2.65. The smallest absolute Gasteiger partial charge is 0.335 e. The molecule has 50 heavy (non-hydrogen) atoms. The monoisotopic (exact) mass is 694 g/mol. The Morgan fingerprint density at radius 2 is 1.04 bits per heavy atom. The first-order valence-corrected chi connectivity index (χ1v) is 18.3. The van der Waals surface area contributed by atoms with Crippen LogP contribution >= 0.6 is 0 Å². The van der Waals surface area contributed by atoms with Gasteiger partial charge in [-0.25, -0.2) is 19.2 Å². The minimum Gasteiger partial charge on any atom is -0.454 e. The Bertz CT molecular complexity index is 1530. The van der Waals surface area contributed by atoms with Gasteiger partial charge in [-0.1, -0.05) is 39.8 Å². The van der Waals surface area contributed by atoms with E-state index >= 15 is 0 Å². The lowest BCUT2D eigenvalue weighted by atomic mass is 9.43. The van der Waals surface area contributed by atoms with Crippen LogP contribution in [0.2, 0.25) is 0 Å². The van der Waals surface area contributed by atoms with Gasteiger partial charge in [-0.15, -0.1) is 0 Å². The molecule has 12 atom stereocenters. The fourth-order valence-corrected chi connectivity index (χ4v) is 10.8. The second kappa shape index (κ2) is 12.2. The number of carbonyl (C=O) groups excluding carboxylic acids is 4. The van der Waals surface area contributed by atoms with Crippen LogP contribution in [0.4, 0.5) is 0 Å². The number of carbonyl (C=O) groups is 4. The van der Waals surface area contributed by atoms with Crippen molar-refractivity contribution in [1.82, 2.24) is 0 Å². The highest BCUT2D eigenvalue weighted by molar-refractivity contribution is 5.97. The van der Waals surface area contributed by atoms with E-state index in [2.05, 4.69) is 0 Å². The van der Waals surface area contributed by atoms with Gasteiger partial charge in [0.1, 0.15) is 12.2 Å². The van der Waals surface area contributed by atoms with Crippen molar-refractivity contribution in [2.75, 3.05) is 0 Å². The molecule has 4 fully saturated rings. The number of esters is 4. The Hall–Kier alpha value is -3.24. The summed E-state index contributed by atoms with van der Waals surface area (Å²) in [5.74, 6) is -3.33. The Labute approximate surface area is 295 Å². The molecule has 0 aromatic rings. The fourth-order valence-electron chi connectivity index (χ4n) is 10.8. The first-order valence-electron chi connectivity index (χ1n) is 18.3. The third-order valence-electron chi connectivity index (χ3n) is 14.7. The quantitative estimate of drug-likeness (QED) is 0.212. The number of hydrogen-bond acceptors (Lipinski definition) is 10. The minimum absolute atomic E-state index is 0.214. The van der Waals surface area contributed by atoms with Crippen LogP contribution in [0.15, 0.2) is 45.6 Å². The van der Waals surface area contributed by atoms with Crippen LogP contribution in [-0.2, 0) is 38.1 Å². The number of rotatable bonds is 5. The van der Waals surface area contributed by atoms with Crippen LogP contribution in [-0.4, -0.2) is 69.7 Å². The SMILES string of the molecule is C/C=C(/C)C(=O)O[C@@H]1C2=C(C)C(=O)O[C@@]2([C@]23C[C@@H]4CC[C@H](O)[C@H](C)[C@@]4(C)[C@H](OC(=O)/C(C)=C\C)C2=C(C)C(=O)O3)C[C@@H]2CC[C@H](O)[C@H](C)[C@]21C. The van der Waals surface area contributed by atoms with Crippen molar-refractivity contribution in [1.29, 1.82) is 0 Å². The highest BCUT2D eigenvalue weighted by Crippen LogP contribution is 2.71. The summed E-state index contributed by atoms with van der Waals surface area (Å²) in [5.41, 5.74) is -2.52. The van der Waals surface area contributed by atoms with E-state index in [1.165, 1.54) is 0 Å². The molecule has 2 heterocycles. The van der Waals surface area contributed by atoms with E-state index < -0.39 is 70.3 Å². The zero-order chi connectivity index (χ0) is 36.9. The first-order chi connectivity index (χ1) is 23.4. The molecule has 0 aromatic heterocycles. The Kier molecular flexibility index (Phi) is 8.90. The zero-order valence-corrected chi connectivity index (χ0v) is 31.2. The van der Waals surface area contributed by atoms with Crippen LogP contribution in [0.25, 0.3) is 0 Å². The predicted octanol–water partition coefficient (Wildman–Crippen LogP) is 5.60. The van der Waals surface area contributed by atoms with E-state index in [0.717, 1.165) is 0 Å². The van der Waals surface area contributed by atoms with E-state index in [1.807, 2.05) is 27.7 Å². The van der Waals surface area contributed by atoms with E-state index in [0.29, 0.717) is 48.0 Å². The summed E-state index contributed by atoms with van der Waals surface area (Å²) in [4.78, 5) is 55.6. The fraction of sp³-hybridized carbons (Fsp3) is 0.700. The Balaban J connectivity index is 1.64. The predicted molar refractivity (Wildman–Crippen MR) is 183 cm³/mol. The second-order valence-electron chi connectivity index (χ2n) is 16.4. The van der Waals surface area contributed by atoms with Gasteiger partial charge in [0.25, 0.3) is 0 Å². The number of ether oxygens (including phenoxy) is 4. The molecular formula is C40H54O10. The number of aliphatic hydroxyl groups is 2. The molecule has 0 saturated heterocycles. The van der Waals surface area contributed by atoms with Crippen molar-refractivity contribution < 1.29 is 48.3 Å². The maximum Gasteiger partial charge on any atom is 0.335 e. The van der Waals surface area contributed by atoms with Crippen LogP contribution in [0.5, 0.6) is 0 Å². The summed E-state index contributed by atoms with van der Waals surface area (Å²) < 4.78 is 26.3. The normalized spacial score (nSPS) is 44.5. The van der Waals surface area contributed by atoms with Crippen molar-refractivity contribution in [3.8, 4) is 0 Å². The molecule has 10 nitrogen and oxygen atoms in total. The third kappa shape index (κ3) is 4.65. The van der Waals surface area contributed by atoms with Gasteiger partial charge in [0.05, 0.1) is 12.2 Å². The standard InChI is InChI=1S/C40H54O10/c1-11-19(3)33(43)47-31-29-21(5)35(45)49-39(29,17-25-13-15-27(41)23(7)37(25,31)9)40-18-26-14-16-28(42)24(8)38(26,10)32(48-34(44)20(4)12-2)30(40)22(6)36(46)50-40/h11-12,23-28,31-32,41-42H,13-18H2,1-10H3/b19-11-,20-12-/t23-,24-,25-,26-,27-,28-,31+,32+,37+,38+,39-,40-/m0/s1. The molecule has 2 N–H and O–H groups in total. The first kappa shape index (κ1) is 36.5. The summed E-state index contributed by atoms with van der Waals surface area (Å²) >= 11 is 0. The molecule has 6 rings (SSSR count).